The van der Waals surface area contributed by atoms with Crippen LogP contribution >= 0.6 is 0 Å². The van der Waals surface area contributed by atoms with Crippen molar-refractivity contribution in [2.75, 3.05) is 18.6 Å². The number of anilines is 2. The molecule has 0 unspecified atom stereocenters. The zero-order chi connectivity index (χ0) is 24.3. The molecule has 1 heterocycles. The number of rotatable bonds is 5. The number of nitrogens with two attached hydrogens (primary N) is 2. The van der Waals surface area contributed by atoms with Gasteiger partial charge in [-0.2, -0.15) is 4.98 Å². The van der Waals surface area contributed by atoms with Gasteiger partial charge in [0.1, 0.15) is 11.6 Å². The van der Waals surface area contributed by atoms with Crippen LogP contribution in [0, 0.1) is 18.8 Å². The first kappa shape index (κ1) is 24.1. The Morgan fingerprint density at radius 3 is 2.09 bits per heavy atom. The van der Waals surface area contributed by atoms with Gasteiger partial charge in [0.2, 0.25) is 5.95 Å². The molecule has 0 aliphatic heterocycles. The Morgan fingerprint density at radius 2 is 1.55 bits per heavy atom. The molecule has 2 aromatic carbocycles. The maximum absolute atomic E-state index is 6.00. The van der Waals surface area contributed by atoms with E-state index in [1.165, 1.54) is 16.7 Å². The lowest BCUT2D eigenvalue weighted by atomic mass is 9.84. The van der Waals surface area contributed by atoms with Crippen LogP contribution < -0.4 is 16.2 Å². The normalized spacial score (nSPS) is 11.9. The van der Waals surface area contributed by atoms with E-state index in [-0.39, 0.29) is 11.9 Å². The molecule has 0 saturated carbocycles. The van der Waals surface area contributed by atoms with Crippen LogP contribution in [-0.4, -0.2) is 17.1 Å². The van der Waals surface area contributed by atoms with E-state index in [4.69, 9.17) is 16.2 Å². The molecule has 3 rings (SSSR count). The molecule has 4 N–H and O–H groups in total. The molecular weight excluding hydrogens is 408 g/mol. The highest BCUT2D eigenvalue weighted by molar-refractivity contribution is 5.78. The molecule has 0 spiro atoms. The smallest absolute Gasteiger partial charge is 0.222 e. The largest absolute Gasteiger partial charge is 0.496 e. The molecule has 1 atom stereocenters. The van der Waals surface area contributed by atoms with Crippen LogP contribution in [0.15, 0.2) is 36.4 Å². The topological polar surface area (TPSA) is 87.0 Å². The van der Waals surface area contributed by atoms with Gasteiger partial charge >= 0.3 is 0 Å². The van der Waals surface area contributed by atoms with Gasteiger partial charge in [0.25, 0.3) is 0 Å². The third kappa shape index (κ3) is 5.12. The van der Waals surface area contributed by atoms with Crippen molar-refractivity contribution < 1.29 is 4.74 Å². The Balaban J connectivity index is 2.06. The molecule has 33 heavy (non-hydrogen) atoms. The van der Waals surface area contributed by atoms with Gasteiger partial charge in [0, 0.05) is 11.5 Å². The first-order chi connectivity index (χ1) is 15.6. The number of benzene rings is 2. The second kappa shape index (κ2) is 9.95. The van der Waals surface area contributed by atoms with Gasteiger partial charge in [0.05, 0.1) is 18.4 Å². The fourth-order valence-corrected chi connectivity index (χ4v) is 4.08. The molecule has 0 amide bonds. The Morgan fingerprint density at radius 1 is 0.909 bits per heavy atom. The number of aryl methyl sites for hydroxylation is 1. The third-order valence-electron chi connectivity index (χ3n) is 5.92. The maximum Gasteiger partial charge on any atom is 0.222 e. The van der Waals surface area contributed by atoms with Crippen LogP contribution in [0.25, 0.3) is 11.1 Å². The van der Waals surface area contributed by atoms with Crippen molar-refractivity contribution in [3.63, 3.8) is 0 Å². The van der Waals surface area contributed by atoms with Crippen molar-refractivity contribution >= 4 is 11.8 Å². The third-order valence-corrected chi connectivity index (χ3v) is 5.92. The van der Waals surface area contributed by atoms with Crippen molar-refractivity contribution in [1.29, 1.82) is 0 Å². The summed E-state index contributed by atoms with van der Waals surface area (Å²) in [6.07, 6.45) is 0. The Labute approximate surface area is 197 Å². The van der Waals surface area contributed by atoms with Gasteiger partial charge in [-0.05, 0) is 54.0 Å². The van der Waals surface area contributed by atoms with Gasteiger partial charge in [-0.3, -0.25) is 0 Å². The van der Waals surface area contributed by atoms with Gasteiger partial charge in [0.15, 0.2) is 0 Å². The number of aromatic nitrogens is 2. The minimum Gasteiger partial charge on any atom is -0.496 e. The number of nitrogen functional groups attached to an aromatic ring is 2. The van der Waals surface area contributed by atoms with Crippen LogP contribution in [0.2, 0.25) is 0 Å². The zero-order valence-electron chi connectivity index (χ0n) is 20.7. The summed E-state index contributed by atoms with van der Waals surface area (Å²) in [7, 11) is 1.72. The molecule has 0 saturated heterocycles. The summed E-state index contributed by atoms with van der Waals surface area (Å²) < 4.78 is 5.87. The fourth-order valence-electron chi connectivity index (χ4n) is 4.08. The summed E-state index contributed by atoms with van der Waals surface area (Å²) in [5.74, 6) is 8.51. The average Bonchev–Trinajstić information content (AvgIpc) is 2.77. The van der Waals surface area contributed by atoms with E-state index in [1.807, 2.05) is 6.92 Å². The van der Waals surface area contributed by atoms with E-state index in [2.05, 4.69) is 92.8 Å². The summed E-state index contributed by atoms with van der Waals surface area (Å²) in [4.78, 5) is 8.19. The zero-order valence-corrected chi connectivity index (χ0v) is 20.7. The van der Waals surface area contributed by atoms with Crippen LogP contribution in [0.1, 0.15) is 80.3 Å². The molecule has 3 aromatic rings. The Kier molecular flexibility index (Phi) is 7.28. The van der Waals surface area contributed by atoms with Crippen molar-refractivity contribution in [3.05, 3.63) is 64.3 Å². The van der Waals surface area contributed by atoms with E-state index in [9.17, 15) is 0 Å². The Bertz CT molecular complexity index is 1170. The van der Waals surface area contributed by atoms with Crippen molar-refractivity contribution in [2.45, 2.75) is 59.3 Å². The first-order valence-corrected chi connectivity index (χ1v) is 11.4. The number of ether oxygens (including phenoxy) is 1. The van der Waals surface area contributed by atoms with Crippen LogP contribution in [-0.2, 0) is 0 Å². The number of nitrogens with zero attached hydrogens (tertiary/aromatic N) is 2. The molecule has 0 radical (unpaired) electrons. The predicted molar refractivity (Wildman–Crippen MR) is 137 cm³/mol. The molecule has 0 fully saturated rings. The van der Waals surface area contributed by atoms with Crippen molar-refractivity contribution in [3.8, 4) is 28.7 Å². The summed E-state index contributed by atoms with van der Waals surface area (Å²) in [6, 6.07) is 13.0. The molecule has 5 heteroatoms. The molecule has 0 aliphatic carbocycles. The van der Waals surface area contributed by atoms with E-state index in [0.717, 1.165) is 16.9 Å². The highest BCUT2D eigenvalue weighted by Crippen LogP contribution is 2.41. The summed E-state index contributed by atoms with van der Waals surface area (Å²) in [5, 5.41) is 0. The second-order valence-electron chi connectivity index (χ2n) is 9.00. The molecule has 5 nitrogen and oxygen atoms in total. The van der Waals surface area contributed by atoms with Gasteiger partial charge in [-0.25, -0.2) is 4.98 Å². The lowest BCUT2D eigenvalue weighted by molar-refractivity contribution is 0.415. The molecular formula is C28H34N4O. The summed E-state index contributed by atoms with van der Waals surface area (Å²) in [6.45, 7) is 12.8. The number of methoxy groups -OCH3 is 1. The lowest BCUT2D eigenvalue weighted by Crippen LogP contribution is -2.05. The van der Waals surface area contributed by atoms with Gasteiger partial charge in [-0.1, -0.05) is 69.9 Å². The van der Waals surface area contributed by atoms with E-state index < -0.39 is 0 Å². The number of hydrogen-bond acceptors (Lipinski definition) is 5. The van der Waals surface area contributed by atoms with Crippen molar-refractivity contribution in [1.82, 2.24) is 9.97 Å². The Hall–Kier alpha value is -3.52. The molecule has 1 aromatic heterocycles. The maximum atomic E-state index is 6.00. The monoisotopic (exact) mass is 442 g/mol. The van der Waals surface area contributed by atoms with Gasteiger partial charge < -0.3 is 16.2 Å². The quantitative estimate of drug-likeness (QED) is 0.471. The average molecular weight is 443 g/mol. The van der Waals surface area contributed by atoms with Crippen LogP contribution in [0.3, 0.4) is 0 Å². The summed E-state index contributed by atoms with van der Waals surface area (Å²) in [5.41, 5.74) is 19.1. The first-order valence-electron chi connectivity index (χ1n) is 11.4. The van der Waals surface area contributed by atoms with Crippen molar-refractivity contribution in [2.24, 2.45) is 0 Å². The highest BCUT2D eigenvalue weighted by atomic mass is 16.5. The highest BCUT2D eigenvalue weighted by Gasteiger charge is 2.19. The lowest BCUT2D eigenvalue weighted by Gasteiger charge is -2.22. The molecule has 0 aliphatic rings. The minimum absolute atomic E-state index is 0.0331. The second-order valence-corrected chi connectivity index (χ2v) is 9.00. The van der Waals surface area contributed by atoms with E-state index >= 15 is 0 Å². The SMILES string of the molecule is COc1cc([C@H](C)C#Cc2c(C)nc(N)nc2N)ccc1-c1c(C(C)C)cccc1C(C)C. The predicted octanol–water partition coefficient (Wildman–Crippen LogP) is 6.03. The van der Waals surface area contributed by atoms with Crippen LogP contribution in [0.4, 0.5) is 11.8 Å². The standard InChI is InChI=1S/C28H34N4O/c1-16(2)21-9-8-10-22(17(3)4)26(21)24-14-12-20(15-25(24)33-7)18(5)11-13-23-19(6)31-28(30)32-27(23)29/h8-10,12,14-18H,1-7H3,(H4,29,30,31,32)/t18-/m1/s1. The van der Waals surface area contributed by atoms with E-state index in [1.54, 1.807) is 7.11 Å². The number of hydrogen-bond donors (Lipinski definition) is 2. The molecule has 172 valence electrons. The van der Waals surface area contributed by atoms with Crippen LogP contribution in [0.5, 0.6) is 5.75 Å². The van der Waals surface area contributed by atoms with E-state index in [0.29, 0.717) is 28.9 Å². The van der Waals surface area contributed by atoms with Gasteiger partial charge in [-0.15, -0.1) is 0 Å². The molecule has 0 bridgehead atoms. The fraction of sp³-hybridized carbons (Fsp3) is 0.357. The summed E-state index contributed by atoms with van der Waals surface area (Å²) >= 11 is 0. The minimum atomic E-state index is -0.0331.